The summed E-state index contributed by atoms with van der Waals surface area (Å²) in [6, 6.07) is 10.6. The van der Waals surface area contributed by atoms with Crippen molar-refractivity contribution < 1.29 is 17.5 Å². The Morgan fingerprint density at radius 2 is 1.93 bits per heavy atom. The summed E-state index contributed by atoms with van der Waals surface area (Å²) in [6.07, 6.45) is 0. The predicted molar refractivity (Wildman–Crippen MR) is 119 cm³/mol. The molecule has 160 valence electrons. The Morgan fingerprint density at radius 3 is 2.63 bits per heavy atom. The van der Waals surface area contributed by atoms with Crippen molar-refractivity contribution in [3.63, 3.8) is 0 Å². The lowest BCUT2D eigenvalue weighted by Crippen LogP contribution is -2.40. The second kappa shape index (κ2) is 9.80. The van der Waals surface area contributed by atoms with Gasteiger partial charge in [-0.15, -0.1) is 0 Å². The van der Waals surface area contributed by atoms with Gasteiger partial charge in [0.25, 0.3) is 0 Å². The molecule has 0 aliphatic carbocycles. The van der Waals surface area contributed by atoms with E-state index in [1.807, 2.05) is 0 Å². The molecule has 1 aliphatic heterocycles. The first-order valence-corrected chi connectivity index (χ1v) is 11.3. The highest BCUT2D eigenvalue weighted by atomic mass is 35.5. The van der Waals surface area contributed by atoms with E-state index >= 15 is 0 Å². The van der Waals surface area contributed by atoms with Gasteiger partial charge >= 0.3 is 0 Å². The maximum Gasteiger partial charge on any atom is 0.243 e. The Hall–Kier alpha value is -2.11. The smallest absolute Gasteiger partial charge is 0.243 e. The van der Waals surface area contributed by atoms with Crippen LogP contribution in [0.3, 0.4) is 0 Å². The van der Waals surface area contributed by atoms with Gasteiger partial charge in [-0.1, -0.05) is 29.8 Å². The minimum atomic E-state index is -3.68. The maximum absolute atomic E-state index is 13.8. The highest BCUT2D eigenvalue weighted by Gasteiger charge is 2.27. The van der Waals surface area contributed by atoms with Crippen LogP contribution in [-0.2, 0) is 14.8 Å². The van der Waals surface area contributed by atoms with E-state index in [0.29, 0.717) is 30.2 Å². The van der Waals surface area contributed by atoms with Crippen LogP contribution in [0.5, 0.6) is 0 Å². The molecule has 0 saturated carbocycles. The van der Waals surface area contributed by atoms with E-state index in [-0.39, 0.29) is 28.1 Å². The molecule has 1 aliphatic rings. The molecule has 2 N–H and O–H groups in total. The van der Waals surface area contributed by atoms with Crippen molar-refractivity contribution in [1.29, 1.82) is 0 Å². The second-order valence-electron chi connectivity index (χ2n) is 6.40. The first-order valence-electron chi connectivity index (χ1n) is 9.02. The number of ether oxygens (including phenoxy) is 1. The van der Waals surface area contributed by atoms with E-state index in [0.717, 1.165) is 0 Å². The molecule has 7 nitrogen and oxygen atoms in total. The van der Waals surface area contributed by atoms with E-state index in [1.54, 1.807) is 25.1 Å². The number of halogens is 2. The van der Waals surface area contributed by atoms with Crippen molar-refractivity contribution in [2.24, 2.45) is 5.10 Å². The van der Waals surface area contributed by atoms with E-state index in [1.165, 1.54) is 28.6 Å². The Bertz CT molecular complexity index is 1070. The molecule has 2 aromatic rings. The number of nitrogens with zero attached hydrogens (tertiary/aromatic N) is 2. The third-order valence-corrected chi connectivity index (χ3v) is 6.80. The summed E-state index contributed by atoms with van der Waals surface area (Å²) >= 11 is 11.4. The molecular weight excluding hydrogens is 451 g/mol. The highest BCUT2D eigenvalue weighted by molar-refractivity contribution is 7.89. The average Bonchev–Trinajstić information content (AvgIpc) is 2.74. The van der Waals surface area contributed by atoms with Gasteiger partial charge in [-0.3, -0.25) is 5.43 Å². The van der Waals surface area contributed by atoms with Crippen LogP contribution in [0.1, 0.15) is 12.5 Å². The molecule has 0 bridgehead atoms. The van der Waals surface area contributed by atoms with Gasteiger partial charge in [0, 0.05) is 18.7 Å². The largest absolute Gasteiger partial charge is 0.379 e. The first-order chi connectivity index (χ1) is 14.3. The summed E-state index contributed by atoms with van der Waals surface area (Å²) in [7, 11) is -3.68. The SMILES string of the molecule is C/C(=N/NC(=S)Nc1cc(S(=O)(=O)N2CCOCC2)ccc1Cl)c1ccccc1F. The van der Waals surface area contributed by atoms with Gasteiger partial charge in [0.05, 0.1) is 34.5 Å². The van der Waals surface area contributed by atoms with Gasteiger partial charge in [-0.2, -0.15) is 9.41 Å². The van der Waals surface area contributed by atoms with E-state index in [4.69, 9.17) is 28.6 Å². The molecule has 30 heavy (non-hydrogen) atoms. The van der Waals surface area contributed by atoms with Gasteiger partial charge in [-0.25, -0.2) is 12.8 Å². The Balaban J connectivity index is 1.73. The molecule has 0 radical (unpaired) electrons. The molecule has 0 spiro atoms. The molecule has 0 aromatic heterocycles. The quantitative estimate of drug-likeness (QED) is 0.396. The summed E-state index contributed by atoms with van der Waals surface area (Å²) in [5.74, 6) is -0.400. The van der Waals surface area contributed by atoms with Gasteiger partial charge in [-0.05, 0) is 43.4 Å². The van der Waals surface area contributed by atoms with Crippen LogP contribution in [0.15, 0.2) is 52.5 Å². The number of hydrogen-bond acceptors (Lipinski definition) is 5. The fraction of sp³-hybridized carbons (Fsp3) is 0.263. The van der Waals surface area contributed by atoms with Crippen molar-refractivity contribution in [2.75, 3.05) is 31.6 Å². The summed E-state index contributed by atoms with van der Waals surface area (Å²) in [5.41, 5.74) is 3.65. The molecule has 0 unspecified atom stereocenters. The zero-order chi connectivity index (χ0) is 21.7. The molecular formula is C19H20ClFN4O3S2. The van der Waals surface area contributed by atoms with Crippen molar-refractivity contribution in [3.8, 4) is 0 Å². The molecule has 0 amide bonds. The van der Waals surface area contributed by atoms with Crippen molar-refractivity contribution in [1.82, 2.24) is 9.73 Å². The van der Waals surface area contributed by atoms with Crippen LogP contribution >= 0.6 is 23.8 Å². The number of thiocarbonyl (C=S) groups is 1. The minimum absolute atomic E-state index is 0.0773. The number of benzene rings is 2. The van der Waals surface area contributed by atoms with Crippen molar-refractivity contribution >= 4 is 50.4 Å². The third-order valence-electron chi connectivity index (χ3n) is 4.38. The van der Waals surface area contributed by atoms with Gasteiger partial charge < -0.3 is 10.1 Å². The lowest BCUT2D eigenvalue weighted by Gasteiger charge is -2.26. The zero-order valence-corrected chi connectivity index (χ0v) is 18.5. The maximum atomic E-state index is 13.8. The third kappa shape index (κ3) is 5.32. The molecule has 0 atom stereocenters. The molecule has 1 fully saturated rings. The number of rotatable bonds is 5. The number of anilines is 1. The van der Waals surface area contributed by atoms with Gasteiger partial charge in [0.1, 0.15) is 5.82 Å². The number of hydrogen-bond donors (Lipinski definition) is 2. The monoisotopic (exact) mass is 470 g/mol. The van der Waals surface area contributed by atoms with E-state index in [9.17, 15) is 12.8 Å². The van der Waals surface area contributed by atoms with Crippen molar-refractivity contribution in [3.05, 3.63) is 58.9 Å². The average molecular weight is 471 g/mol. The number of hydrazone groups is 1. The number of sulfonamides is 1. The molecule has 1 saturated heterocycles. The second-order valence-corrected chi connectivity index (χ2v) is 9.15. The van der Waals surface area contributed by atoms with Gasteiger partial charge in [0.2, 0.25) is 10.0 Å². The van der Waals surface area contributed by atoms with Crippen LogP contribution < -0.4 is 10.7 Å². The fourth-order valence-corrected chi connectivity index (χ4v) is 4.55. The number of nitrogens with one attached hydrogen (secondary N) is 2. The normalized spacial score (nSPS) is 15.6. The standard InChI is InChI=1S/C19H20ClFN4O3S2/c1-13(15-4-2-3-5-17(15)21)23-24-19(29)22-18-12-14(6-7-16(18)20)30(26,27)25-8-10-28-11-9-25/h2-7,12H,8-11H2,1H3,(H2,22,24,29)/b23-13-. The fourth-order valence-electron chi connectivity index (χ4n) is 2.80. The Labute approximate surface area is 184 Å². The lowest BCUT2D eigenvalue weighted by atomic mass is 10.1. The van der Waals surface area contributed by atoms with Crippen molar-refractivity contribution in [2.45, 2.75) is 11.8 Å². The molecule has 11 heteroatoms. The van der Waals surface area contributed by atoms with E-state index in [2.05, 4.69) is 15.8 Å². The summed E-state index contributed by atoms with van der Waals surface area (Å²) in [6.45, 7) is 2.92. The van der Waals surface area contributed by atoms with Crippen LogP contribution in [0, 0.1) is 5.82 Å². The zero-order valence-electron chi connectivity index (χ0n) is 16.1. The highest BCUT2D eigenvalue weighted by Crippen LogP contribution is 2.27. The van der Waals surface area contributed by atoms with Gasteiger partial charge in [0.15, 0.2) is 5.11 Å². The number of morpholine rings is 1. The molecule has 3 rings (SSSR count). The Kier molecular flexibility index (Phi) is 7.37. The van der Waals surface area contributed by atoms with E-state index < -0.39 is 15.8 Å². The topological polar surface area (TPSA) is 83.0 Å². The van der Waals surface area contributed by atoms with Crippen LogP contribution in [0.4, 0.5) is 10.1 Å². The predicted octanol–water partition coefficient (Wildman–Crippen LogP) is 3.21. The molecule has 2 aromatic carbocycles. The molecule has 1 heterocycles. The van der Waals surface area contributed by atoms with Crippen LogP contribution in [0.2, 0.25) is 5.02 Å². The van der Waals surface area contributed by atoms with Crippen LogP contribution in [0.25, 0.3) is 0 Å². The Morgan fingerprint density at radius 1 is 1.23 bits per heavy atom. The minimum Gasteiger partial charge on any atom is -0.379 e. The summed E-state index contributed by atoms with van der Waals surface area (Å²) in [5, 5.41) is 7.26. The summed E-state index contributed by atoms with van der Waals surface area (Å²) in [4.78, 5) is 0.0881. The summed E-state index contributed by atoms with van der Waals surface area (Å²) < 4.78 is 46.1. The first kappa shape index (κ1) is 22.6. The lowest BCUT2D eigenvalue weighted by molar-refractivity contribution is 0.0730. The van der Waals surface area contributed by atoms with Crippen LogP contribution in [-0.4, -0.2) is 49.9 Å².